The van der Waals surface area contributed by atoms with Crippen molar-refractivity contribution in [3.63, 3.8) is 0 Å². The van der Waals surface area contributed by atoms with Gasteiger partial charge < -0.3 is 0 Å². The number of hydrogen-bond acceptors (Lipinski definition) is 0. The van der Waals surface area contributed by atoms with Gasteiger partial charge in [0.05, 0.1) is 0 Å². The normalized spacial score (nSPS) is 10.9. The first-order valence-electron chi connectivity index (χ1n) is 15.0. The molecule has 7 rings (SSSR count). The Bertz CT molecular complexity index is 1760. The molecule has 0 heterocycles. The van der Waals surface area contributed by atoms with Gasteiger partial charge in [-0.05, 0) is 78.9 Å². The van der Waals surface area contributed by atoms with Crippen LogP contribution in [0.25, 0.3) is 66.8 Å². The standard InChI is InChI=1S/C42H30BBr/c43-35-25-21-33(22-26-35)41-37(29-13-5-1-6-14-29)39(31-17-9-3-10-18-31)42(34-23-27-36(44)28-24-34)40(32-19-11-4-12-20-32)38(41)30-15-7-2-8-16-30/h1-28H,43H2. The Labute approximate surface area is 269 Å². The predicted molar refractivity (Wildman–Crippen MR) is 195 cm³/mol. The molecule has 0 nitrogen and oxygen atoms in total. The van der Waals surface area contributed by atoms with Crippen LogP contribution >= 0.6 is 15.9 Å². The molecule has 0 aliphatic carbocycles. The first kappa shape index (κ1) is 27.9. The van der Waals surface area contributed by atoms with Gasteiger partial charge in [0.15, 0.2) is 0 Å². The summed E-state index contributed by atoms with van der Waals surface area (Å²) in [7, 11) is 2.15. The zero-order valence-electron chi connectivity index (χ0n) is 24.5. The summed E-state index contributed by atoms with van der Waals surface area (Å²) in [5, 5.41) is 0. The van der Waals surface area contributed by atoms with Gasteiger partial charge in [-0.25, -0.2) is 0 Å². The van der Waals surface area contributed by atoms with Crippen LogP contribution in [0, 0.1) is 0 Å². The molecule has 44 heavy (non-hydrogen) atoms. The van der Waals surface area contributed by atoms with Gasteiger partial charge in [0, 0.05) is 4.47 Å². The monoisotopic (exact) mass is 624 g/mol. The predicted octanol–water partition coefficient (Wildman–Crippen LogP) is 10.7. The molecule has 2 heteroatoms. The Morgan fingerprint density at radius 2 is 0.500 bits per heavy atom. The quantitative estimate of drug-likeness (QED) is 0.161. The second kappa shape index (κ2) is 12.4. The third-order valence-electron chi connectivity index (χ3n) is 8.22. The summed E-state index contributed by atoms with van der Waals surface area (Å²) in [5.74, 6) is 0. The maximum absolute atomic E-state index is 3.70. The average Bonchev–Trinajstić information content (AvgIpc) is 3.09. The van der Waals surface area contributed by atoms with Crippen LogP contribution in [0.15, 0.2) is 174 Å². The molecule has 0 radical (unpaired) electrons. The second-order valence-electron chi connectivity index (χ2n) is 11.1. The molecule has 0 bridgehead atoms. The van der Waals surface area contributed by atoms with Gasteiger partial charge in [0.1, 0.15) is 7.85 Å². The summed E-state index contributed by atoms with van der Waals surface area (Å²) < 4.78 is 1.06. The second-order valence-corrected chi connectivity index (χ2v) is 12.0. The van der Waals surface area contributed by atoms with E-state index >= 15 is 0 Å². The summed E-state index contributed by atoms with van der Waals surface area (Å²) >= 11 is 3.70. The highest BCUT2D eigenvalue weighted by atomic mass is 79.9. The fourth-order valence-corrected chi connectivity index (χ4v) is 6.50. The molecular formula is C42H30BBr. The lowest BCUT2D eigenvalue weighted by molar-refractivity contribution is 1.51. The highest BCUT2D eigenvalue weighted by Crippen LogP contribution is 2.55. The van der Waals surface area contributed by atoms with Gasteiger partial charge in [-0.1, -0.05) is 179 Å². The third-order valence-corrected chi connectivity index (χ3v) is 8.75. The minimum Gasteiger partial charge on any atom is -0.0889 e. The van der Waals surface area contributed by atoms with E-state index in [9.17, 15) is 0 Å². The van der Waals surface area contributed by atoms with Crippen LogP contribution in [0.2, 0.25) is 0 Å². The minimum absolute atomic E-state index is 1.06. The molecule has 7 aromatic carbocycles. The van der Waals surface area contributed by atoms with Crippen molar-refractivity contribution in [1.82, 2.24) is 0 Å². The van der Waals surface area contributed by atoms with E-state index in [2.05, 4.69) is 194 Å². The minimum atomic E-state index is 1.06. The molecule has 7 aromatic rings. The Morgan fingerprint density at radius 1 is 0.273 bits per heavy atom. The Kier molecular flexibility index (Phi) is 7.84. The van der Waals surface area contributed by atoms with Crippen LogP contribution in [0.1, 0.15) is 0 Å². The molecule has 0 amide bonds. The van der Waals surface area contributed by atoms with Gasteiger partial charge >= 0.3 is 0 Å². The van der Waals surface area contributed by atoms with E-state index in [0.717, 1.165) is 4.47 Å². The lowest BCUT2D eigenvalue weighted by atomic mass is 9.74. The fourth-order valence-electron chi connectivity index (χ4n) is 6.24. The van der Waals surface area contributed by atoms with Crippen LogP contribution in [0.5, 0.6) is 0 Å². The lowest BCUT2D eigenvalue weighted by Crippen LogP contribution is -2.04. The Hall–Kier alpha value is -4.92. The Morgan fingerprint density at radius 3 is 0.773 bits per heavy atom. The van der Waals surface area contributed by atoms with Crippen molar-refractivity contribution in [2.45, 2.75) is 0 Å². The van der Waals surface area contributed by atoms with Crippen molar-refractivity contribution in [2.24, 2.45) is 0 Å². The average molecular weight is 625 g/mol. The van der Waals surface area contributed by atoms with Crippen molar-refractivity contribution >= 4 is 29.2 Å². The van der Waals surface area contributed by atoms with Crippen LogP contribution in [-0.4, -0.2) is 7.85 Å². The van der Waals surface area contributed by atoms with Gasteiger partial charge in [-0.15, -0.1) is 0 Å². The smallest absolute Gasteiger partial charge is 0.0889 e. The van der Waals surface area contributed by atoms with E-state index in [1.807, 2.05) is 0 Å². The molecule has 0 N–H and O–H groups in total. The van der Waals surface area contributed by atoms with Crippen molar-refractivity contribution in [2.75, 3.05) is 0 Å². The molecule has 0 fully saturated rings. The third kappa shape index (κ3) is 5.34. The van der Waals surface area contributed by atoms with Crippen molar-refractivity contribution in [3.05, 3.63) is 174 Å². The maximum atomic E-state index is 3.70. The van der Waals surface area contributed by atoms with E-state index in [4.69, 9.17) is 0 Å². The molecule has 0 aliphatic heterocycles. The van der Waals surface area contributed by atoms with Gasteiger partial charge in [-0.3, -0.25) is 0 Å². The van der Waals surface area contributed by atoms with Gasteiger partial charge in [0.25, 0.3) is 0 Å². The lowest BCUT2D eigenvalue weighted by Gasteiger charge is -2.29. The highest BCUT2D eigenvalue weighted by Gasteiger charge is 2.28. The van der Waals surface area contributed by atoms with E-state index in [1.165, 1.54) is 72.2 Å². The van der Waals surface area contributed by atoms with Crippen molar-refractivity contribution in [1.29, 1.82) is 0 Å². The summed E-state index contributed by atoms with van der Waals surface area (Å²) in [4.78, 5) is 0. The number of benzene rings is 7. The topological polar surface area (TPSA) is 0 Å². The van der Waals surface area contributed by atoms with Crippen LogP contribution in [0.3, 0.4) is 0 Å². The first-order chi connectivity index (χ1) is 21.7. The zero-order valence-corrected chi connectivity index (χ0v) is 26.1. The summed E-state index contributed by atoms with van der Waals surface area (Å²) in [6.45, 7) is 0. The molecule has 0 spiro atoms. The summed E-state index contributed by atoms with van der Waals surface area (Å²) in [5.41, 5.74) is 15.8. The number of rotatable bonds is 6. The van der Waals surface area contributed by atoms with E-state index in [1.54, 1.807) is 0 Å². The first-order valence-corrected chi connectivity index (χ1v) is 15.8. The number of halogens is 1. The van der Waals surface area contributed by atoms with Crippen molar-refractivity contribution < 1.29 is 0 Å². The summed E-state index contributed by atoms with van der Waals surface area (Å²) in [6.07, 6.45) is 0. The zero-order chi connectivity index (χ0) is 29.9. The van der Waals surface area contributed by atoms with E-state index < -0.39 is 0 Å². The van der Waals surface area contributed by atoms with Crippen LogP contribution in [0.4, 0.5) is 0 Å². The van der Waals surface area contributed by atoms with Crippen molar-refractivity contribution in [3.8, 4) is 66.8 Å². The highest BCUT2D eigenvalue weighted by molar-refractivity contribution is 9.10. The molecule has 0 saturated carbocycles. The molecule has 0 aromatic heterocycles. The molecule has 0 saturated heterocycles. The van der Waals surface area contributed by atoms with Crippen LogP contribution in [-0.2, 0) is 0 Å². The maximum Gasteiger partial charge on any atom is 0.139 e. The van der Waals surface area contributed by atoms with Gasteiger partial charge in [0.2, 0.25) is 0 Å². The Balaban J connectivity index is 1.81. The van der Waals surface area contributed by atoms with E-state index in [-0.39, 0.29) is 0 Å². The molecule has 0 aliphatic rings. The van der Waals surface area contributed by atoms with E-state index in [0.29, 0.717) is 0 Å². The fraction of sp³-hybridized carbons (Fsp3) is 0. The van der Waals surface area contributed by atoms with Gasteiger partial charge in [-0.2, -0.15) is 0 Å². The number of hydrogen-bond donors (Lipinski definition) is 0. The molecular weight excluding hydrogens is 595 g/mol. The molecule has 0 atom stereocenters. The largest absolute Gasteiger partial charge is 0.139 e. The van der Waals surface area contributed by atoms with Crippen LogP contribution < -0.4 is 5.46 Å². The molecule has 0 unspecified atom stereocenters. The molecule has 208 valence electrons. The SMILES string of the molecule is Bc1ccc(-c2c(-c3ccccc3)c(-c3ccccc3)c(-c3ccc(Br)cc3)c(-c3ccccc3)c2-c2ccccc2)cc1. The summed E-state index contributed by atoms with van der Waals surface area (Å²) in [6, 6.07) is 61.4.